The van der Waals surface area contributed by atoms with Gasteiger partial charge in [-0.2, -0.15) is 13.2 Å². The van der Waals surface area contributed by atoms with Crippen LogP contribution in [0, 0.1) is 5.92 Å². The van der Waals surface area contributed by atoms with E-state index in [1.165, 1.54) is 0 Å². The molecule has 0 bridgehead atoms. The molecule has 0 saturated carbocycles. The molecule has 1 heterocycles. The lowest BCUT2D eigenvalue weighted by atomic mass is 9.94. The molecule has 0 radical (unpaired) electrons. The number of nitrogens with one attached hydrogen (secondary N) is 1. The molecule has 0 aromatic heterocycles. The minimum Gasteiger partial charge on any atom is -0.395 e. The third-order valence-corrected chi connectivity index (χ3v) is 3.06. The zero-order valence-electron chi connectivity index (χ0n) is 10.3. The lowest BCUT2D eigenvalue weighted by Gasteiger charge is -2.32. The summed E-state index contributed by atoms with van der Waals surface area (Å²) >= 11 is 0. The molecule has 2 N–H and O–H groups in total. The van der Waals surface area contributed by atoms with Crippen molar-refractivity contribution in [2.75, 3.05) is 26.2 Å². The van der Waals surface area contributed by atoms with Gasteiger partial charge in [-0.25, -0.2) is 0 Å². The monoisotopic (exact) mass is 268 g/mol. The van der Waals surface area contributed by atoms with Gasteiger partial charge in [-0.05, 0) is 19.8 Å². The Hall–Kier alpha value is -0.820. The number of nitrogens with zero attached hydrogens (tertiary/aromatic N) is 1. The second kappa shape index (κ2) is 6.38. The molecular weight excluding hydrogens is 249 g/mol. The summed E-state index contributed by atoms with van der Waals surface area (Å²) in [6.45, 7) is 0.350. The maximum absolute atomic E-state index is 12.3. The number of aliphatic hydroxyl groups is 1. The number of piperidine rings is 1. The van der Waals surface area contributed by atoms with Crippen LogP contribution in [-0.2, 0) is 4.79 Å². The Morgan fingerprint density at radius 3 is 2.56 bits per heavy atom. The lowest BCUT2D eigenvalue weighted by Crippen LogP contribution is -2.48. The highest BCUT2D eigenvalue weighted by Gasteiger charge is 2.35. The van der Waals surface area contributed by atoms with E-state index in [1.54, 1.807) is 0 Å². The van der Waals surface area contributed by atoms with E-state index < -0.39 is 31.2 Å². The van der Waals surface area contributed by atoms with Gasteiger partial charge in [-0.3, -0.25) is 4.79 Å². The highest BCUT2D eigenvalue weighted by atomic mass is 19.4. The van der Waals surface area contributed by atoms with Gasteiger partial charge in [-0.1, -0.05) is 0 Å². The summed E-state index contributed by atoms with van der Waals surface area (Å²) in [5, 5.41) is 11.8. The number of aliphatic hydroxyl groups excluding tert-OH is 1. The van der Waals surface area contributed by atoms with Crippen LogP contribution < -0.4 is 5.32 Å². The molecule has 0 spiro atoms. The predicted molar refractivity (Wildman–Crippen MR) is 59.9 cm³/mol. The number of rotatable bonds is 4. The number of hydrogen-bond acceptors (Lipinski definition) is 3. The van der Waals surface area contributed by atoms with Crippen LogP contribution in [0.4, 0.5) is 13.2 Å². The topological polar surface area (TPSA) is 52.6 Å². The van der Waals surface area contributed by atoms with Crippen LogP contribution in [0.25, 0.3) is 0 Å². The average Bonchev–Trinajstić information content (AvgIpc) is 2.27. The van der Waals surface area contributed by atoms with Crippen LogP contribution in [0.1, 0.15) is 19.8 Å². The molecule has 2 unspecified atom stereocenters. The summed E-state index contributed by atoms with van der Waals surface area (Å²) in [5.74, 6) is -0.948. The minimum absolute atomic E-state index is 0.273. The summed E-state index contributed by atoms with van der Waals surface area (Å²) < 4.78 is 37.0. The first-order chi connectivity index (χ1) is 8.33. The maximum Gasteiger partial charge on any atom is 0.406 e. The van der Waals surface area contributed by atoms with Crippen molar-refractivity contribution in [1.29, 1.82) is 0 Å². The largest absolute Gasteiger partial charge is 0.406 e. The van der Waals surface area contributed by atoms with Gasteiger partial charge in [0.25, 0.3) is 0 Å². The Labute approximate surface area is 104 Å². The molecule has 4 nitrogen and oxygen atoms in total. The molecule has 1 saturated heterocycles. The fraction of sp³-hybridized carbons (Fsp3) is 0.909. The Kier molecular flexibility index (Phi) is 5.40. The first kappa shape index (κ1) is 15.2. The fourth-order valence-electron chi connectivity index (χ4n) is 2.07. The summed E-state index contributed by atoms with van der Waals surface area (Å²) in [6, 6.07) is 0.294. The average molecular weight is 268 g/mol. The highest BCUT2D eigenvalue weighted by Crippen LogP contribution is 2.21. The van der Waals surface area contributed by atoms with Gasteiger partial charge in [0.1, 0.15) is 6.54 Å². The smallest absolute Gasteiger partial charge is 0.395 e. The van der Waals surface area contributed by atoms with Crippen molar-refractivity contribution in [3.8, 4) is 0 Å². The molecule has 7 heteroatoms. The Morgan fingerprint density at radius 1 is 1.44 bits per heavy atom. The van der Waals surface area contributed by atoms with E-state index in [4.69, 9.17) is 5.11 Å². The lowest BCUT2D eigenvalue weighted by molar-refractivity contribution is -0.165. The predicted octanol–water partition coefficient (Wildman–Crippen LogP) is 0.758. The quantitative estimate of drug-likeness (QED) is 0.791. The van der Waals surface area contributed by atoms with Gasteiger partial charge >= 0.3 is 6.18 Å². The van der Waals surface area contributed by atoms with E-state index in [0.29, 0.717) is 23.9 Å². The first-order valence-electron chi connectivity index (χ1n) is 6.03. The molecule has 1 aliphatic rings. The summed E-state index contributed by atoms with van der Waals surface area (Å²) in [6.07, 6.45) is -3.07. The summed E-state index contributed by atoms with van der Waals surface area (Å²) in [5.41, 5.74) is 0. The van der Waals surface area contributed by atoms with Crippen LogP contribution >= 0.6 is 0 Å². The second-order valence-corrected chi connectivity index (χ2v) is 4.68. The number of amides is 1. The highest BCUT2D eigenvalue weighted by molar-refractivity contribution is 5.79. The zero-order chi connectivity index (χ0) is 13.8. The third kappa shape index (κ3) is 4.81. The minimum atomic E-state index is -4.43. The molecule has 1 aliphatic heterocycles. The molecule has 0 aliphatic carbocycles. The van der Waals surface area contributed by atoms with E-state index in [9.17, 15) is 18.0 Å². The Morgan fingerprint density at radius 2 is 2.11 bits per heavy atom. The van der Waals surface area contributed by atoms with Crippen LogP contribution in [0.3, 0.4) is 0 Å². The number of halogens is 3. The number of alkyl halides is 3. The van der Waals surface area contributed by atoms with Crippen molar-refractivity contribution in [3.63, 3.8) is 0 Å². The Balaban J connectivity index is 2.59. The van der Waals surface area contributed by atoms with Crippen molar-refractivity contribution in [2.24, 2.45) is 5.92 Å². The molecule has 1 amide bonds. The maximum atomic E-state index is 12.3. The molecule has 2 atom stereocenters. The molecule has 0 aromatic carbocycles. The van der Waals surface area contributed by atoms with Gasteiger partial charge in [0.2, 0.25) is 5.91 Å². The number of hydrogen-bond donors (Lipinski definition) is 2. The Bertz CT molecular complexity index is 276. The first-order valence-corrected chi connectivity index (χ1v) is 6.03. The van der Waals surface area contributed by atoms with Crippen molar-refractivity contribution >= 4 is 5.91 Å². The third-order valence-electron chi connectivity index (χ3n) is 3.06. The molecule has 1 rings (SSSR count). The van der Waals surface area contributed by atoms with Gasteiger partial charge in [-0.15, -0.1) is 0 Å². The van der Waals surface area contributed by atoms with Crippen LogP contribution in [0.15, 0.2) is 0 Å². The van der Waals surface area contributed by atoms with Crippen molar-refractivity contribution in [3.05, 3.63) is 0 Å². The van der Waals surface area contributed by atoms with E-state index in [1.807, 2.05) is 6.92 Å². The second-order valence-electron chi connectivity index (χ2n) is 4.68. The summed E-state index contributed by atoms with van der Waals surface area (Å²) in [7, 11) is 0. The fourth-order valence-corrected chi connectivity index (χ4v) is 2.07. The van der Waals surface area contributed by atoms with Gasteiger partial charge < -0.3 is 15.3 Å². The van der Waals surface area contributed by atoms with Crippen molar-refractivity contribution < 1.29 is 23.1 Å². The van der Waals surface area contributed by atoms with Crippen molar-refractivity contribution in [2.45, 2.75) is 32.0 Å². The van der Waals surface area contributed by atoms with E-state index >= 15 is 0 Å². The van der Waals surface area contributed by atoms with E-state index in [0.717, 1.165) is 6.42 Å². The summed E-state index contributed by atoms with van der Waals surface area (Å²) in [4.78, 5) is 12.6. The standard InChI is InChI=1S/C11H19F3N2O2/c1-8-2-3-9(6-15-8)10(18)16(4-5-17)7-11(12,13)14/h8-9,15,17H,2-7H2,1H3. The van der Waals surface area contributed by atoms with Crippen molar-refractivity contribution in [1.82, 2.24) is 10.2 Å². The molecule has 0 aromatic rings. The zero-order valence-corrected chi connectivity index (χ0v) is 10.3. The number of carbonyl (C=O) groups is 1. The molecule has 1 fully saturated rings. The van der Waals surface area contributed by atoms with Gasteiger partial charge in [0, 0.05) is 19.1 Å². The molecule has 106 valence electrons. The molecule has 18 heavy (non-hydrogen) atoms. The van der Waals surface area contributed by atoms with E-state index in [2.05, 4.69) is 5.32 Å². The van der Waals surface area contributed by atoms with Crippen LogP contribution in [0.2, 0.25) is 0 Å². The van der Waals surface area contributed by atoms with Gasteiger partial charge in [0.05, 0.1) is 12.5 Å². The normalized spacial score (nSPS) is 24.9. The molecular formula is C11H19F3N2O2. The van der Waals surface area contributed by atoms with E-state index in [-0.39, 0.29) is 6.54 Å². The van der Waals surface area contributed by atoms with Crippen LogP contribution in [0.5, 0.6) is 0 Å². The van der Waals surface area contributed by atoms with Gasteiger partial charge in [0.15, 0.2) is 0 Å². The van der Waals surface area contributed by atoms with Crippen LogP contribution in [-0.4, -0.2) is 54.4 Å². The SMILES string of the molecule is CC1CCC(C(=O)N(CCO)CC(F)(F)F)CN1. The number of carbonyl (C=O) groups excluding carboxylic acids is 1.